The van der Waals surface area contributed by atoms with Crippen molar-refractivity contribution in [1.82, 2.24) is 9.78 Å². The molecule has 3 rings (SSSR count). The van der Waals surface area contributed by atoms with E-state index in [0.29, 0.717) is 0 Å². The van der Waals surface area contributed by atoms with Gasteiger partial charge in [0.25, 0.3) is 5.91 Å². The molecule has 0 aliphatic heterocycles. The Balaban J connectivity index is 2.02. The van der Waals surface area contributed by atoms with Gasteiger partial charge in [0.2, 0.25) is 0 Å². The number of amides is 1. The number of alkyl halides is 14. The molecule has 1 heterocycles. The topological polar surface area (TPSA) is 84.2 Å². The largest absolute Gasteiger partial charge is 0.478 e. The zero-order chi connectivity index (χ0) is 34.6. The Kier molecular flexibility index (Phi) is 8.93. The van der Waals surface area contributed by atoms with Gasteiger partial charge in [-0.2, -0.15) is 66.6 Å². The lowest BCUT2D eigenvalue weighted by molar-refractivity contribution is -0.367. The quantitative estimate of drug-likeness (QED) is 0.222. The Hall–Kier alpha value is -4.10. The highest BCUT2D eigenvalue weighted by atomic mass is 35.5. The second-order valence-electron chi connectivity index (χ2n) is 9.00. The van der Waals surface area contributed by atoms with Gasteiger partial charge >= 0.3 is 42.0 Å². The number of hydrogen-bond donors (Lipinski definition) is 2. The standard InChI is InChI=1S/C24H12ClF14N3O3/c25-14-3-1-2-12(15(14)18(44)45)17(43)40-11-6-4-10(5-7-11)8-42-9-13(19(26,27)21(30,31)23(34,35)36)16(41-42)20(28,29)22(32,33)24(37,38)39/h1-7,9H,8H2,(H,40,43)(H,44,45). The molecule has 0 aliphatic rings. The molecule has 1 aromatic heterocycles. The second kappa shape index (κ2) is 11.4. The first-order chi connectivity index (χ1) is 20.3. The Morgan fingerprint density at radius 2 is 1.29 bits per heavy atom. The van der Waals surface area contributed by atoms with Gasteiger partial charge in [0.1, 0.15) is 5.69 Å². The maximum absolute atomic E-state index is 14.4. The van der Waals surface area contributed by atoms with Crippen LogP contribution in [-0.4, -0.2) is 51.0 Å². The molecule has 0 saturated carbocycles. The molecular formula is C24H12ClF14N3O3. The zero-order valence-corrected chi connectivity index (χ0v) is 21.9. The first-order valence-electron chi connectivity index (χ1n) is 11.4. The van der Waals surface area contributed by atoms with Crippen LogP contribution in [0.2, 0.25) is 5.02 Å². The van der Waals surface area contributed by atoms with Gasteiger partial charge in [0, 0.05) is 11.9 Å². The summed E-state index contributed by atoms with van der Waals surface area (Å²) in [5, 5.41) is 13.6. The Morgan fingerprint density at radius 1 is 0.778 bits per heavy atom. The van der Waals surface area contributed by atoms with Gasteiger partial charge in [0.05, 0.1) is 28.3 Å². The van der Waals surface area contributed by atoms with Crippen LogP contribution in [0.4, 0.5) is 67.2 Å². The third kappa shape index (κ3) is 6.23. The van der Waals surface area contributed by atoms with Crippen LogP contribution in [0.1, 0.15) is 37.5 Å². The van der Waals surface area contributed by atoms with Gasteiger partial charge in [-0.15, -0.1) is 0 Å². The van der Waals surface area contributed by atoms with Crippen LogP contribution < -0.4 is 5.32 Å². The van der Waals surface area contributed by atoms with E-state index in [-0.39, 0.29) is 21.0 Å². The molecule has 0 atom stereocenters. The van der Waals surface area contributed by atoms with Crippen molar-refractivity contribution in [1.29, 1.82) is 0 Å². The second-order valence-corrected chi connectivity index (χ2v) is 9.41. The smallest absolute Gasteiger partial charge is 0.460 e. The van der Waals surface area contributed by atoms with E-state index < -0.39 is 83.0 Å². The number of nitrogens with zero attached hydrogens (tertiary/aromatic N) is 2. The molecule has 0 spiro atoms. The number of nitrogens with one attached hydrogen (secondary N) is 1. The molecular weight excluding hydrogens is 680 g/mol. The van der Waals surface area contributed by atoms with Gasteiger partial charge in [-0.05, 0) is 29.8 Å². The Morgan fingerprint density at radius 3 is 1.78 bits per heavy atom. The van der Waals surface area contributed by atoms with E-state index in [1.54, 1.807) is 0 Å². The lowest BCUT2D eigenvalue weighted by atomic mass is 9.96. The molecule has 0 unspecified atom stereocenters. The van der Waals surface area contributed by atoms with E-state index in [0.717, 1.165) is 30.3 Å². The first-order valence-corrected chi connectivity index (χ1v) is 11.8. The summed E-state index contributed by atoms with van der Waals surface area (Å²) in [7, 11) is 0. The summed E-state index contributed by atoms with van der Waals surface area (Å²) in [6.07, 6.45) is -15.1. The minimum atomic E-state index is -7.26. The van der Waals surface area contributed by atoms with E-state index in [2.05, 4.69) is 10.4 Å². The van der Waals surface area contributed by atoms with E-state index in [9.17, 15) is 76.2 Å². The maximum Gasteiger partial charge on any atom is 0.460 e. The average Bonchev–Trinajstić information content (AvgIpc) is 3.33. The number of carboxylic acids is 1. The fourth-order valence-corrected chi connectivity index (χ4v) is 3.90. The SMILES string of the molecule is O=C(Nc1ccc(Cn2cc(C(F)(F)C(F)(F)C(F)(F)F)c(C(F)(F)C(F)(F)C(F)(F)F)n2)cc1)c1cccc(Cl)c1C(=O)O. The van der Waals surface area contributed by atoms with Crippen LogP contribution in [0.25, 0.3) is 0 Å². The highest BCUT2D eigenvalue weighted by molar-refractivity contribution is 6.34. The normalized spacial score (nSPS) is 13.6. The molecule has 3 aromatic rings. The van der Waals surface area contributed by atoms with E-state index in [1.165, 1.54) is 12.1 Å². The van der Waals surface area contributed by atoms with Crippen LogP contribution in [0.3, 0.4) is 0 Å². The lowest BCUT2D eigenvalue weighted by Gasteiger charge is -2.31. The van der Waals surface area contributed by atoms with Crippen molar-refractivity contribution < 1.29 is 76.2 Å². The van der Waals surface area contributed by atoms with Gasteiger partial charge in [-0.3, -0.25) is 9.48 Å². The first kappa shape index (κ1) is 35.4. The van der Waals surface area contributed by atoms with Crippen molar-refractivity contribution in [2.75, 3.05) is 5.32 Å². The molecule has 2 aromatic carbocycles. The van der Waals surface area contributed by atoms with E-state index in [4.69, 9.17) is 11.6 Å². The van der Waals surface area contributed by atoms with Crippen molar-refractivity contribution in [3.05, 3.63) is 81.6 Å². The highest BCUT2D eigenvalue weighted by Crippen LogP contribution is 2.57. The summed E-state index contributed by atoms with van der Waals surface area (Å²) in [6, 6.07) is 7.33. The summed E-state index contributed by atoms with van der Waals surface area (Å²) in [6.45, 7) is -1.15. The molecule has 6 nitrogen and oxygen atoms in total. The monoisotopic (exact) mass is 691 g/mol. The molecule has 0 aliphatic carbocycles. The minimum Gasteiger partial charge on any atom is -0.478 e. The number of carbonyl (C=O) groups is 2. The summed E-state index contributed by atoms with van der Waals surface area (Å²) in [4.78, 5) is 23.9. The lowest BCUT2D eigenvalue weighted by Crippen LogP contribution is -2.53. The Bertz CT molecular complexity index is 1540. The molecule has 0 radical (unpaired) electrons. The molecule has 1 amide bonds. The number of hydrogen-bond acceptors (Lipinski definition) is 3. The molecule has 45 heavy (non-hydrogen) atoms. The predicted octanol–water partition coefficient (Wildman–Crippen LogP) is 8.11. The fraction of sp³-hybridized carbons (Fsp3) is 0.292. The van der Waals surface area contributed by atoms with Gasteiger partial charge in [-0.25, -0.2) is 4.79 Å². The predicted molar refractivity (Wildman–Crippen MR) is 124 cm³/mol. The number of anilines is 1. The highest BCUT2D eigenvalue weighted by Gasteiger charge is 2.79. The van der Waals surface area contributed by atoms with E-state index in [1.807, 2.05) is 0 Å². The van der Waals surface area contributed by atoms with Crippen LogP contribution in [-0.2, 0) is 18.4 Å². The zero-order valence-electron chi connectivity index (χ0n) is 21.2. The van der Waals surface area contributed by atoms with Crippen molar-refractivity contribution in [2.24, 2.45) is 0 Å². The third-order valence-corrected chi connectivity index (χ3v) is 6.24. The van der Waals surface area contributed by atoms with Crippen molar-refractivity contribution >= 4 is 29.2 Å². The Labute approximate surface area is 245 Å². The van der Waals surface area contributed by atoms with Crippen molar-refractivity contribution in [3.8, 4) is 0 Å². The minimum absolute atomic E-state index is 0.130. The number of rotatable bonds is 9. The summed E-state index contributed by atoms with van der Waals surface area (Å²) in [5.41, 5.74) is -8.07. The van der Waals surface area contributed by atoms with Crippen LogP contribution in [0.5, 0.6) is 0 Å². The molecule has 246 valence electrons. The van der Waals surface area contributed by atoms with Gasteiger partial charge < -0.3 is 10.4 Å². The molecule has 0 saturated heterocycles. The summed E-state index contributed by atoms with van der Waals surface area (Å²) in [5.74, 6) is -30.8. The third-order valence-electron chi connectivity index (χ3n) is 5.93. The number of benzene rings is 2. The molecule has 0 bridgehead atoms. The number of aromatic carboxylic acids is 1. The van der Waals surface area contributed by atoms with Gasteiger partial charge in [-0.1, -0.05) is 29.8 Å². The molecule has 2 N–H and O–H groups in total. The number of carboxylic acid groups (broad SMARTS) is 1. The average molecular weight is 692 g/mol. The van der Waals surface area contributed by atoms with Crippen LogP contribution in [0.15, 0.2) is 48.7 Å². The van der Waals surface area contributed by atoms with Crippen molar-refractivity contribution in [2.45, 2.75) is 42.6 Å². The number of halogens is 15. The van der Waals surface area contributed by atoms with Crippen LogP contribution >= 0.6 is 11.6 Å². The van der Waals surface area contributed by atoms with Gasteiger partial charge in [0.15, 0.2) is 0 Å². The number of carbonyl (C=O) groups excluding carboxylic acids is 1. The van der Waals surface area contributed by atoms with Crippen molar-refractivity contribution in [3.63, 3.8) is 0 Å². The van der Waals surface area contributed by atoms with E-state index >= 15 is 0 Å². The summed E-state index contributed by atoms with van der Waals surface area (Å²) >= 11 is 5.78. The summed E-state index contributed by atoms with van der Waals surface area (Å²) < 4.78 is 188. The van der Waals surface area contributed by atoms with Crippen LogP contribution in [0, 0.1) is 0 Å². The molecule has 21 heteroatoms. The number of aromatic nitrogens is 2. The fourth-order valence-electron chi connectivity index (χ4n) is 3.65. The molecule has 0 fully saturated rings. The maximum atomic E-state index is 14.4.